The van der Waals surface area contributed by atoms with E-state index >= 15 is 0 Å². The van der Waals surface area contributed by atoms with Crippen LogP contribution in [0.4, 0.5) is 0 Å². The number of rotatable bonds is 1. The summed E-state index contributed by atoms with van der Waals surface area (Å²) in [6, 6.07) is 0. The maximum Gasteiger partial charge on any atom is 0.169 e. The zero-order valence-corrected chi connectivity index (χ0v) is 17.3. The predicted octanol–water partition coefficient (Wildman–Crippen LogP) is 5.06. The number of hydrogen-bond acceptors (Lipinski definition) is 3. The molecule has 0 aromatic rings. The van der Waals surface area contributed by atoms with Crippen molar-refractivity contribution in [2.24, 2.45) is 34.5 Å². The van der Waals surface area contributed by atoms with Gasteiger partial charge in [0.25, 0.3) is 0 Å². The molecule has 5 rings (SSSR count). The van der Waals surface area contributed by atoms with Crippen LogP contribution < -0.4 is 0 Å². The predicted molar refractivity (Wildman–Crippen MR) is 105 cm³/mol. The van der Waals surface area contributed by atoms with Crippen molar-refractivity contribution in [3.63, 3.8) is 0 Å². The van der Waals surface area contributed by atoms with Crippen LogP contribution in [0.25, 0.3) is 0 Å². The van der Waals surface area contributed by atoms with Crippen molar-refractivity contribution in [2.75, 3.05) is 13.2 Å². The van der Waals surface area contributed by atoms with Gasteiger partial charge in [0.05, 0.1) is 13.2 Å². The minimum absolute atomic E-state index is 0.0134. The maximum absolute atomic E-state index is 13.7. The number of carbonyl (C=O) groups excluding carboxylic acids is 1. The Balaban J connectivity index is 1.52. The highest BCUT2D eigenvalue weighted by atomic mass is 16.7. The normalized spacial score (nSPS) is 48.4. The molecular weight excluding hydrogens is 336 g/mol. The number of Topliss-reactive ketones (excluding diaryl/α,β-unsaturated/α-hetero) is 1. The molecule has 0 amide bonds. The molecule has 1 saturated heterocycles. The Morgan fingerprint density at radius 2 is 1.85 bits per heavy atom. The summed E-state index contributed by atoms with van der Waals surface area (Å²) in [4.78, 5) is 13.7. The van der Waals surface area contributed by atoms with E-state index in [9.17, 15) is 4.79 Å². The molecule has 1 heterocycles. The van der Waals surface area contributed by atoms with Crippen molar-refractivity contribution in [3.8, 4) is 0 Å². The molecule has 4 aliphatic carbocycles. The highest BCUT2D eigenvalue weighted by Crippen LogP contribution is 2.66. The van der Waals surface area contributed by atoms with E-state index in [0.29, 0.717) is 43.2 Å². The third kappa shape index (κ3) is 2.37. The average Bonchev–Trinajstić information content (AvgIpc) is 3.19. The lowest BCUT2D eigenvalue weighted by Crippen LogP contribution is -2.56. The van der Waals surface area contributed by atoms with E-state index in [4.69, 9.17) is 9.47 Å². The number of hydrogen-bond donors (Lipinski definition) is 0. The first-order valence-electron chi connectivity index (χ1n) is 11.0. The zero-order valence-electron chi connectivity index (χ0n) is 17.3. The molecule has 0 radical (unpaired) electrons. The second-order valence-electron chi connectivity index (χ2n) is 10.5. The highest BCUT2D eigenvalue weighted by molar-refractivity contribution is 5.85. The topological polar surface area (TPSA) is 35.5 Å². The number of ether oxygens (including phenoxy) is 2. The fourth-order valence-corrected chi connectivity index (χ4v) is 7.89. The van der Waals surface area contributed by atoms with Crippen LogP contribution in [0.5, 0.6) is 0 Å². The van der Waals surface area contributed by atoms with Gasteiger partial charge in [-0.05, 0) is 68.8 Å². The van der Waals surface area contributed by atoms with Crippen molar-refractivity contribution < 1.29 is 14.3 Å². The van der Waals surface area contributed by atoms with Gasteiger partial charge in [0.15, 0.2) is 5.79 Å². The van der Waals surface area contributed by atoms with Crippen LogP contribution in [0, 0.1) is 34.5 Å². The van der Waals surface area contributed by atoms with Crippen LogP contribution in [0.2, 0.25) is 0 Å². The number of allylic oxidation sites excluding steroid dienone is 4. The fraction of sp³-hybridized carbons (Fsp3) is 0.792. The largest absolute Gasteiger partial charge is 0.348 e. The summed E-state index contributed by atoms with van der Waals surface area (Å²) < 4.78 is 12.1. The molecule has 27 heavy (non-hydrogen) atoms. The second kappa shape index (κ2) is 5.79. The van der Waals surface area contributed by atoms with Crippen LogP contribution in [0.3, 0.4) is 0 Å². The van der Waals surface area contributed by atoms with Crippen molar-refractivity contribution in [1.29, 1.82) is 0 Å². The van der Waals surface area contributed by atoms with Gasteiger partial charge in [0.1, 0.15) is 5.78 Å². The SMILES string of the molecule is CC1=CC2=CC[C@H]3[C@@H]4CC[C@H](C5(C)OCCO5)[C@@]4(C)CC(=O)[C@@H]3[C@@]2(C)CC1. The summed E-state index contributed by atoms with van der Waals surface area (Å²) in [7, 11) is 0. The minimum Gasteiger partial charge on any atom is -0.348 e. The lowest BCUT2D eigenvalue weighted by molar-refractivity contribution is -0.212. The van der Waals surface area contributed by atoms with Crippen LogP contribution in [0.1, 0.15) is 66.2 Å². The molecule has 148 valence electrons. The number of ketones is 1. The van der Waals surface area contributed by atoms with Gasteiger partial charge in [0, 0.05) is 23.7 Å². The van der Waals surface area contributed by atoms with Crippen molar-refractivity contribution >= 4 is 5.78 Å². The van der Waals surface area contributed by atoms with E-state index in [-0.39, 0.29) is 16.7 Å². The molecule has 3 nitrogen and oxygen atoms in total. The maximum atomic E-state index is 13.7. The molecule has 1 aliphatic heterocycles. The molecule has 0 bridgehead atoms. The van der Waals surface area contributed by atoms with Gasteiger partial charge in [-0.3, -0.25) is 4.79 Å². The molecule has 3 heteroatoms. The first-order valence-corrected chi connectivity index (χ1v) is 11.0. The first-order chi connectivity index (χ1) is 12.8. The Morgan fingerprint density at radius 3 is 2.59 bits per heavy atom. The van der Waals surface area contributed by atoms with E-state index in [1.807, 2.05) is 0 Å². The number of carbonyl (C=O) groups is 1. The first kappa shape index (κ1) is 18.1. The Bertz CT molecular complexity index is 728. The monoisotopic (exact) mass is 370 g/mol. The molecule has 0 aromatic heterocycles. The molecule has 0 N–H and O–H groups in total. The molecule has 5 aliphatic rings. The summed E-state index contributed by atoms with van der Waals surface area (Å²) in [5, 5.41) is 0. The molecule has 2 saturated carbocycles. The van der Waals surface area contributed by atoms with Crippen molar-refractivity contribution in [3.05, 3.63) is 23.3 Å². The Labute approximate surface area is 163 Å². The summed E-state index contributed by atoms with van der Waals surface area (Å²) in [5.41, 5.74) is 2.96. The van der Waals surface area contributed by atoms with E-state index in [1.165, 1.54) is 17.6 Å². The second-order valence-corrected chi connectivity index (χ2v) is 10.5. The van der Waals surface area contributed by atoms with Crippen molar-refractivity contribution in [1.82, 2.24) is 0 Å². The summed E-state index contributed by atoms with van der Waals surface area (Å²) in [6.45, 7) is 10.5. The fourth-order valence-electron chi connectivity index (χ4n) is 7.89. The molecular formula is C24H34O3. The molecule has 0 spiro atoms. The van der Waals surface area contributed by atoms with Crippen LogP contribution >= 0.6 is 0 Å². The number of fused-ring (bicyclic) bond motifs is 5. The van der Waals surface area contributed by atoms with Crippen molar-refractivity contribution in [2.45, 2.75) is 72.0 Å². The van der Waals surface area contributed by atoms with Crippen LogP contribution in [-0.2, 0) is 14.3 Å². The smallest absolute Gasteiger partial charge is 0.169 e. The lowest BCUT2D eigenvalue weighted by atomic mass is 9.47. The molecule has 0 unspecified atom stereocenters. The highest BCUT2D eigenvalue weighted by Gasteiger charge is 2.65. The van der Waals surface area contributed by atoms with Gasteiger partial charge in [0.2, 0.25) is 0 Å². The van der Waals surface area contributed by atoms with E-state index in [1.54, 1.807) is 0 Å². The zero-order chi connectivity index (χ0) is 19.0. The van der Waals surface area contributed by atoms with Gasteiger partial charge in [-0.15, -0.1) is 0 Å². The van der Waals surface area contributed by atoms with Gasteiger partial charge < -0.3 is 9.47 Å². The van der Waals surface area contributed by atoms with Crippen LogP contribution in [-0.4, -0.2) is 24.8 Å². The van der Waals surface area contributed by atoms with E-state index in [2.05, 4.69) is 39.8 Å². The minimum atomic E-state index is -0.499. The third-order valence-electron chi connectivity index (χ3n) is 9.15. The summed E-state index contributed by atoms with van der Waals surface area (Å²) >= 11 is 0. The Morgan fingerprint density at radius 1 is 1.11 bits per heavy atom. The summed E-state index contributed by atoms with van der Waals surface area (Å²) in [6.07, 6.45) is 11.2. The molecule has 0 aromatic carbocycles. The van der Waals surface area contributed by atoms with Gasteiger partial charge in [-0.25, -0.2) is 0 Å². The Kier molecular flexibility index (Phi) is 3.89. The third-order valence-corrected chi connectivity index (χ3v) is 9.15. The molecule has 6 atom stereocenters. The van der Waals surface area contributed by atoms with Gasteiger partial charge in [-0.1, -0.05) is 31.6 Å². The summed E-state index contributed by atoms with van der Waals surface area (Å²) in [5.74, 6) is 1.64. The van der Waals surface area contributed by atoms with E-state index < -0.39 is 5.79 Å². The molecule has 3 fully saturated rings. The van der Waals surface area contributed by atoms with E-state index in [0.717, 1.165) is 25.7 Å². The van der Waals surface area contributed by atoms with Gasteiger partial charge >= 0.3 is 0 Å². The quantitative estimate of drug-likeness (QED) is 0.647. The lowest BCUT2D eigenvalue weighted by Gasteiger charge is -2.56. The average molecular weight is 371 g/mol. The van der Waals surface area contributed by atoms with Crippen LogP contribution in [0.15, 0.2) is 23.3 Å². The van der Waals surface area contributed by atoms with Gasteiger partial charge in [-0.2, -0.15) is 0 Å². The standard InChI is InChI=1S/C24H34O3/c1-15-9-10-22(2)16(13-15)5-6-17-18-7-8-20(24(4)26-11-12-27-24)23(18,3)14-19(25)21(17)22/h5,13,17-18,20-21H,6-12,14H2,1-4H3/t17-,18-,20-,21+,22-,23-/m0/s1. The Hall–Kier alpha value is -0.930.